The molecule has 0 bridgehead atoms. The molecule has 2 heterocycles. The van der Waals surface area contributed by atoms with Crippen LogP contribution in [0.25, 0.3) is 0 Å². The Labute approximate surface area is 135 Å². The van der Waals surface area contributed by atoms with Gasteiger partial charge in [0.05, 0.1) is 24.0 Å². The van der Waals surface area contributed by atoms with Crippen LogP contribution < -0.4 is 10.2 Å². The number of hydrogen-bond donors (Lipinski definition) is 2. The zero-order valence-electron chi connectivity index (χ0n) is 13.1. The number of nitrogens with zero attached hydrogens (tertiary/aromatic N) is 3. The van der Waals surface area contributed by atoms with E-state index in [1.54, 1.807) is 0 Å². The molecule has 0 radical (unpaired) electrons. The Hall–Kier alpha value is -2.08. The van der Waals surface area contributed by atoms with Gasteiger partial charge >= 0.3 is 0 Å². The first-order valence-electron chi connectivity index (χ1n) is 8.38. The molecule has 1 saturated heterocycles. The fourth-order valence-corrected chi connectivity index (χ4v) is 3.02. The Morgan fingerprint density at radius 3 is 2.74 bits per heavy atom. The molecule has 6 nitrogen and oxygen atoms in total. The van der Waals surface area contributed by atoms with Crippen LogP contribution in [0.2, 0.25) is 0 Å². The summed E-state index contributed by atoms with van der Waals surface area (Å²) in [6.45, 7) is 2.30. The second-order valence-electron chi connectivity index (χ2n) is 6.41. The third-order valence-corrected chi connectivity index (χ3v) is 4.57. The molecule has 1 aromatic carbocycles. The lowest BCUT2D eigenvalue weighted by Gasteiger charge is -2.32. The molecule has 0 atom stereocenters. The van der Waals surface area contributed by atoms with Gasteiger partial charge in [0.2, 0.25) is 5.89 Å². The lowest BCUT2D eigenvalue weighted by molar-refractivity contribution is 0.145. The van der Waals surface area contributed by atoms with Crippen molar-refractivity contribution in [2.45, 2.75) is 44.2 Å². The van der Waals surface area contributed by atoms with Gasteiger partial charge in [-0.2, -0.15) is 4.98 Å². The highest BCUT2D eigenvalue weighted by atomic mass is 16.5. The van der Waals surface area contributed by atoms with Crippen LogP contribution >= 0.6 is 0 Å². The summed E-state index contributed by atoms with van der Waals surface area (Å²) in [5, 5.41) is 17.1. The van der Waals surface area contributed by atoms with E-state index in [9.17, 15) is 5.11 Å². The quantitative estimate of drug-likeness (QED) is 0.883. The average molecular weight is 314 g/mol. The molecular weight excluding hydrogens is 292 g/mol. The van der Waals surface area contributed by atoms with Crippen molar-refractivity contribution in [3.05, 3.63) is 36.0 Å². The minimum atomic E-state index is -0.161. The summed E-state index contributed by atoms with van der Waals surface area (Å²) in [5.41, 5.74) is 2.23. The molecule has 2 N–H and O–H groups in total. The third-order valence-electron chi connectivity index (χ3n) is 4.57. The van der Waals surface area contributed by atoms with Crippen molar-refractivity contribution in [3.63, 3.8) is 0 Å². The summed E-state index contributed by atoms with van der Waals surface area (Å²) in [6.07, 6.45) is 3.84. The van der Waals surface area contributed by atoms with Crippen molar-refractivity contribution in [3.8, 4) is 0 Å². The van der Waals surface area contributed by atoms with Crippen LogP contribution in [-0.4, -0.2) is 34.4 Å². The molecule has 23 heavy (non-hydrogen) atoms. The number of anilines is 2. The molecule has 4 rings (SSSR count). The number of hydrogen-bond acceptors (Lipinski definition) is 6. The van der Waals surface area contributed by atoms with E-state index in [0.29, 0.717) is 18.4 Å². The van der Waals surface area contributed by atoms with Crippen LogP contribution in [0.15, 0.2) is 28.8 Å². The van der Waals surface area contributed by atoms with Gasteiger partial charge in [-0.25, -0.2) is 0 Å². The molecule has 122 valence electrons. The molecule has 2 fully saturated rings. The molecule has 1 aliphatic carbocycles. The van der Waals surface area contributed by atoms with Crippen LogP contribution in [0.1, 0.15) is 43.3 Å². The summed E-state index contributed by atoms with van der Waals surface area (Å²) < 4.78 is 5.32. The number of piperidine rings is 1. The van der Waals surface area contributed by atoms with Gasteiger partial charge in [0.25, 0.3) is 0 Å². The van der Waals surface area contributed by atoms with Gasteiger partial charge in [-0.1, -0.05) is 17.3 Å². The summed E-state index contributed by atoms with van der Waals surface area (Å²) in [6, 6.07) is 8.25. The molecule has 0 unspecified atom stereocenters. The number of rotatable bonds is 5. The highest BCUT2D eigenvalue weighted by molar-refractivity contribution is 5.70. The van der Waals surface area contributed by atoms with Crippen LogP contribution in [0.3, 0.4) is 0 Å². The van der Waals surface area contributed by atoms with Crippen molar-refractivity contribution >= 4 is 11.4 Å². The predicted molar refractivity (Wildman–Crippen MR) is 87.5 cm³/mol. The maximum absolute atomic E-state index is 9.68. The van der Waals surface area contributed by atoms with Crippen molar-refractivity contribution < 1.29 is 9.63 Å². The monoisotopic (exact) mass is 314 g/mol. The van der Waals surface area contributed by atoms with Gasteiger partial charge in [0.15, 0.2) is 5.82 Å². The summed E-state index contributed by atoms with van der Waals surface area (Å²) >= 11 is 0. The van der Waals surface area contributed by atoms with Crippen molar-refractivity contribution in [2.75, 3.05) is 23.3 Å². The maximum atomic E-state index is 9.68. The van der Waals surface area contributed by atoms with Gasteiger partial charge in [0.1, 0.15) is 0 Å². The number of para-hydroxylation sites is 2. The molecule has 6 heteroatoms. The zero-order valence-corrected chi connectivity index (χ0v) is 13.1. The Morgan fingerprint density at radius 1 is 1.17 bits per heavy atom. The number of aliphatic hydroxyl groups excluding tert-OH is 1. The third kappa shape index (κ3) is 3.32. The van der Waals surface area contributed by atoms with E-state index >= 15 is 0 Å². The highest BCUT2D eigenvalue weighted by Crippen LogP contribution is 2.38. The largest absolute Gasteiger partial charge is 0.393 e. The SMILES string of the molecule is OC1CCN(c2ccccc2NCc2nc(C3CC3)no2)CC1. The fourth-order valence-electron chi connectivity index (χ4n) is 3.02. The Bertz CT molecular complexity index is 660. The summed E-state index contributed by atoms with van der Waals surface area (Å²) in [5.74, 6) is 2.00. The minimum Gasteiger partial charge on any atom is -0.393 e. The number of benzene rings is 1. The van der Waals surface area contributed by atoms with E-state index in [1.807, 2.05) is 12.1 Å². The summed E-state index contributed by atoms with van der Waals surface area (Å²) in [7, 11) is 0. The van der Waals surface area contributed by atoms with Gasteiger partial charge < -0.3 is 19.8 Å². The molecule has 2 aliphatic rings. The van der Waals surface area contributed by atoms with E-state index in [1.165, 1.54) is 18.5 Å². The van der Waals surface area contributed by atoms with E-state index in [-0.39, 0.29) is 6.10 Å². The van der Waals surface area contributed by atoms with Crippen molar-refractivity contribution in [1.82, 2.24) is 10.1 Å². The number of aromatic nitrogens is 2. The number of nitrogens with one attached hydrogen (secondary N) is 1. The molecule has 1 saturated carbocycles. The summed E-state index contributed by atoms with van der Waals surface area (Å²) in [4.78, 5) is 6.77. The van der Waals surface area contributed by atoms with Crippen LogP contribution in [0.5, 0.6) is 0 Å². The first kappa shape index (κ1) is 14.5. The van der Waals surface area contributed by atoms with Crippen molar-refractivity contribution in [2.24, 2.45) is 0 Å². The van der Waals surface area contributed by atoms with Gasteiger partial charge in [-0.05, 0) is 37.8 Å². The molecular formula is C17H22N4O2. The lowest BCUT2D eigenvalue weighted by Crippen LogP contribution is -2.36. The van der Waals surface area contributed by atoms with Gasteiger partial charge in [0, 0.05) is 19.0 Å². The fraction of sp³-hybridized carbons (Fsp3) is 0.529. The normalized spacial score (nSPS) is 19.1. The topological polar surface area (TPSA) is 74.4 Å². The van der Waals surface area contributed by atoms with Gasteiger partial charge in [-0.3, -0.25) is 0 Å². The highest BCUT2D eigenvalue weighted by Gasteiger charge is 2.28. The Morgan fingerprint density at radius 2 is 1.96 bits per heavy atom. The van der Waals surface area contributed by atoms with E-state index in [2.05, 4.69) is 32.5 Å². The van der Waals surface area contributed by atoms with Crippen LogP contribution in [0, 0.1) is 0 Å². The van der Waals surface area contributed by atoms with Crippen LogP contribution in [0.4, 0.5) is 11.4 Å². The minimum absolute atomic E-state index is 0.161. The molecule has 0 amide bonds. The van der Waals surface area contributed by atoms with E-state index < -0.39 is 0 Å². The molecule has 2 aromatic rings. The smallest absolute Gasteiger partial charge is 0.245 e. The number of aliphatic hydroxyl groups is 1. The molecule has 0 spiro atoms. The van der Waals surface area contributed by atoms with Gasteiger partial charge in [-0.15, -0.1) is 0 Å². The molecule has 1 aromatic heterocycles. The lowest BCUT2D eigenvalue weighted by atomic mass is 10.1. The average Bonchev–Trinajstić information content (AvgIpc) is 3.33. The van der Waals surface area contributed by atoms with E-state index in [0.717, 1.165) is 37.4 Å². The van der Waals surface area contributed by atoms with E-state index in [4.69, 9.17) is 4.52 Å². The maximum Gasteiger partial charge on any atom is 0.245 e. The predicted octanol–water partition coefficient (Wildman–Crippen LogP) is 2.52. The molecule has 1 aliphatic heterocycles. The van der Waals surface area contributed by atoms with Crippen molar-refractivity contribution in [1.29, 1.82) is 0 Å². The van der Waals surface area contributed by atoms with Crippen LogP contribution in [-0.2, 0) is 6.54 Å². The first-order valence-corrected chi connectivity index (χ1v) is 8.38. The second-order valence-corrected chi connectivity index (χ2v) is 6.41. The second kappa shape index (κ2) is 6.20. The Kier molecular flexibility index (Phi) is 3.91. The Balaban J connectivity index is 1.43. The zero-order chi connectivity index (χ0) is 15.6. The first-order chi connectivity index (χ1) is 11.3. The standard InChI is InChI=1S/C17H22N4O2/c22-13-7-9-21(10-8-13)15-4-2-1-3-14(15)18-11-16-19-17(20-23-16)12-5-6-12/h1-4,12-13,18,22H,5-11H2.